The Bertz CT molecular complexity index is 513. The Hall–Kier alpha value is -1.42. The molecule has 19 heavy (non-hydrogen) atoms. The summed E-state index contributed by atoms with van der Waals surface area (Å²) in [6, 6.07) is 13.7. The second kappa shape index (κ2) is 6.66. The Labute approximate surface area is 116 Å². The molecule has 100 valence electrons. The number of benzene rings is 2. The number of rotatable bonds is 5. The van der Waals surface area contributed by atoms with Crippen molar-refractivity contribution in [1.82, 2.24) is 5.32 Å². The number of hydrogen-bond donors (Lipinski definition) is 2. The predicted octanol–water partition coefficient (Wildman–Crippen LogP) is 3.30. The van der Waals surface area contributed by atoms with E-state index in [2.05, 4.69) is 5.32 Å². The Morgan fingerprint density at radius 3 is 2.47 bits per heavy atom. The van der Waals surface area contributed by atoms with Gasteiger partial charge < -0.3 is 10.4 Å². The first-order valence-electron chi connectivity index (χ1n) is 6.04. The molecular weight excluding hydrogens is 265 g/mol. The molecule has 2 aromatic rings. The van der Waals surface area contributed by atoms with E-state index < -0.39 is 11.9 Å². The molecule has 0 spiro atoms. The number of halogens is 2. The monoisotopic (exact) mass is 279 g/mol. The average molecular weight is 280 g/mol. The lowest BCUT2D eigenvalue weighted by atomic mass is 10.1. The number of aliphatic hydroxyl groups is 1. The summed E-state index contributed by atoms with van der Waals surface area (Å²) in [4.78, 5) is 0. The number of aliphatic hydroxyl groups excluding tert-OH is 1. The van der Waals surface area contributed by atoms with E-state index in [4.69, 9.17) is 11.6 Å². The Morgan fingerprint density at radius 2 is 1.84 bits per heavy atom. The first kappa shape index (κ1) is 14.0. The van der Waals surface area contributed by atoms with Gasteiger partial charge in [0.05, 0.1) is 12.6 Å². The molecule has 0 aliphatic carbocycles. The lowest BCUT2D eigenvalue weighted by Gasteiger charge is -2.18. The molecule has 0 bridgehead atoms. The molecule has 2 aromatic carbocycles. The van der Waals surface area contributed by atoms with E-state index in [-0.39, 0.29) is 6.61 Å². The SMILES string of the molecule is OCC(NCc1ccccc1)c1c(F)cccc1Cl. The quantitative estimate of drug-likeness (QED) is 0.880. The summed E-state index contributed by atoms with van der Waals surface area (Å²) in [5.74, 6) is -0.410. The van der Waals surface area contributed by atoms with Gasteiger partial charge in [-0.2, -0.15) is 0 Å². The minimum Gasteiger partial charge on any atom is -0.394 e. The highest BCUT2D eigenvalue weighted by atomic mass is 35.5. The van der Waals surface area contributed by atoms with Crippen molar-refractivity contribution in [2.75, 3.05) is 6.61 Å². The molecule has 1 unspecified atom stereocenters. The van der Waals surface area contributed by atoms with E-state index in [0.29, 0.717) is 17.1 Å². The predicted molar refractivity (Wildman–Crippen MR) is 74.5 cm³/mol. The van der Waals surface area contributed by atoms with Crippen LogP contribution in [0.15, 0.2) is 48.5 Å². The molecule has 0 aromatic heterocycles. The van der Waals surface area contributed by atoms with Crippen molar-refractivity contribution < 1.29 is 9.50 Å². The van der Waals surface area contributed by atoms with Gasteiger partial charge in [-0.15, -0.1) is 0 Å². The third-order valence-electron chi connectivity index (χ3n) is 2.93. The van der Waals surface area contributed by atoms with Gasteiger partial charge >= 0.3 is 0 Å². The second-order valence-corrected chi connectivity index (χ2v) is 4.64. The molecule has 1 atom stereocenters. The summed E-state index contributed by atoms with van der Waals surface area (Å²) in [6.07, 6.45) is 0. The highest BCUT2D eigenvalue weighted by molar-refractivity contribution is 6.31. The van der Waals surface area contributed by atoms with Crippen LogP contribution in [0.5, 0.6) is 0 Å². The molecule has 2 N–H and O–H groups in total. The zero-order valence-corrected chi connectivity index (χ0v) is 11.1. The molecule has 0 saturated heterocycles. The Kier molecular flexibility index (Phi) is 4.91. The summed E-state index contributed by atoms with van der Waals surface area (Å²) in [7, 11) is 0. The molecule has 0 fully saturated rings. The summed E-state index contributed by atoms with van der Waals surface area (Å²) in [5.41, 5.74) is 1.37. The number of nitrogens with one attached hydrogen (secondary N) is 1. The highest BCUT2D eigenvalue weighted by Gasteiger charge is 2.17. The van der Waals surface area contributed by atoms with E-state index in [1.807, 2.05) is 30.3 Å². The minimum absolute atomic E-state index is 0.215. The molecule has 0 radical (unpaired) electrons. The normalized spacial score (nSPS) is 12.4. The second-order valence-electron chi connectivity index (χ2n) is 4.24. The molecule has 0 aliphatic heterocycles. The van der Waals surface area contributed by atoms with Gasteiger partial charge in [-0.1, -0.05) is 48.0 Å². The van der Waals surface area contributed by atoms with Crippen molar-refractivity contribution in [3.8, 4) is 0 Å². The fraction of sp³-hybridized carbons (Fsp3) is 0.200. The van der Waals surface area contributed by atoms with Crippen LogP contribution < -0.4 is 5.32 Å². The van der Waals surface area contributed by atoms with Crippen LogP contribution in [0.25, 0.3) is 0 Å². The van der Waals surface area contributed by atoms with Gasteiger partial charge in [0.25, 0.3) is 0 Å². The largest absolute Gasteiger partial charge is 0.394 e. The molecular formula is C15H15ClFNO. The summed E-state index contributed by atoms with van der Waals surface area (Å²) < 4.78 is 13.8. The van der Waals surface area contributed by atoms with Crippen molar-refractivity contribution in [3.05, 3.63) is 70.5 Å². The lowest BCUT2D eigenvalue weighted by Crippen LogP contribution is -2.25. The summed E-state index contributed by atoms with van der Waals surface area (Å²) in [5, 5.41) is 12.8. The van der Waals surface area contributed by atoms with Crippen LogP contribution in [0.4, 0.5) is 4.39 Å². The van der Waals surface area contributed by atoms with Crippen LogP contribution in [0.2, 0.25) is 5.02 Å². The Morgan fingerprint density at radius 1 is 1.11 bits per heavy atom. The standard InChI is InChI=1S/C15H15ClFNO/c16-12-7-4-8-13(17)15(12)14(10-19)18-9-11-5-2-1-3-6-11/h1-8,14,18-19H,9-10H2. The van der Waals surface area contributed by atoms with Crippen LogP contribution in [0.1, 0.15) is 17.2 Å². The Balaban J connectivity index is 2.12. The first-order chi connectivity index (χ1) is 9.22. The van der Waals surface area contributed by atoms with Crippen LogP contribution >= 0.6 is 11.6 Å². The van der Waals surface area contributed by atoms with Crippen molar-refractivity contribution in [3.63, 3.8) is 0 Å². The lowest BCUT2D eigenvalue weighted by molar-refractivity contribution is 0.240. The van der Waals surface area contributed by atoms with Gasteiger partial charge in [0.2, 0.25) is 0 Å². The van der Waals surface area contributed by atoms with E-state index in [1.54, 1.807) is 12.1 Å². The van der Waals surface area contributed by atoms with Crippen LogP contribution in [0, 0.1) is 5.82 Å². The minimum atomic E-state index is -0.520. The van der Waals surface area contributed by atoms with E-state index in [1.165, 1.54) is 6.07 Å². The fourth-order valence-electron chi connectivity index (χ4n) is 1.94. The van der Waals surface area contributed by atoms with Crippen LogP contribution in [-0.2, 0) is 6.54 Å². The van der Waals surface area contributed by atoms with Gasteiger partial charge in [0, 0.05) is 17.1 Å². The zero-order chi connectivity index (χ0) is 13.7. The van der Waals surface area contributed by atoms with Gasteiger partial charge in [-0.3, -0.25) is 0 Å². The molecule has 2 nitrogen and oxygen atoms in total. The van der Waals surface area contributed by atoms with Gasteiger partial charge in [0.15, 0.2) is 0 Å². The topological polar surface area (TPSA) is 32.3 Å². The summed E-state index contributed by atoms with van der Waals surface area (Å²) in [6.45, 7) is 0.324. The molecule has 2 rings (SSSR count). The molecule has 4 heteroatoms. The van der Waals surface area contributed by atoms with Crippen molar-refractivity contribution in [2.24, 2.45) is 0 Å². The maximum Gasteiger partial charge on any atom is 0.129 e. The van der Waals surface area contributed by atoms with Crippen molar-refractivity contribution >= 4 is 11.6 Å². The zero-order valence-electron chi connectivity index (χ0n) is 10.3. The smallest absolute Gasteiger partial charge is 0.129 e. The third kappa shape index (κ3) is 3.53. The van der Waals surface area contributed by atoms with Gasteiger partial charge in [0.1, 0.15) is 5.82 Å². The van der Waals surface area contributed by atoms with Gasteiger partial charge in [-0.05, 0) is 17.7 Å². The van der Waals surface area contributed by atoms with Gasteiger partial charge in [-0.25, -0.2) is 4.39 Å². The van der Waals surface area contributed by atoms with Crippen LogP contribution in [0.3, 0.4) is 0 Å². The maximum absolute atomic E-state index is 13.8. The fourth-order valence-corrected chi connectivity index (χ4v) is 2.23. The molecule has 0 heterocycles. The van der Waals surface area contributed by atoms with Crippen LogP contribution in [-0.4, -0.2) is 11.7 Å². The average Bonchev–Trinajstić information content (AvgIpc) is 2.43. The third-order valence-corrected chi connectivity index (χ3v) is 3.26. The maximum atomic E-state index is 13.8. The molecule has 0 amide bonds. The highest BCUT2D eigenvalue weighted by Crippen LogP contribution is 2.25. The van der Waals surface area contributed by atoms with Crippen molar-refractivity contribution in [2.45, 2.75) is 12.6 Å². The van der Waals surface area contributed by atoms with E-state index in [9.17, 15) is 9.50 Å². The molecule has 0 saturated carbocycles. The van der Waals surface area contributed by atoms with E-state index >= 15 is 0 Å². The first-order valence-corrected chi connectivity index (χ1v) is 6.42. The van der Waals surface area contributed by atoms with Crippen molar-refractivity contribution in [1.29, 1.82) is 0 Å². The summed E-state index contributed by atoms with van der Waals surface area (Å²) >= 11 is 5.99. The number of hydrogen-bond acceptors (Lipinski definition) is 2. The molecule has 0 aliphatic rings. The van der Waals surface area contributed by atoms with E-state index in [0.717, 1.165) is 5.56 Å².